The molecule has 1 unspecified atom stereocenters. The molecular weight excluding hydrogens is 297 g/mol. The van der Waals surface area contributed by atoms with Crippen molar-refractivity contribution in [2.45, 2.75) is 23.6 Å². The van der Waals surface area contributed by atoms with Crippen LogP contribution in [0, 0.1) is 5.82 Å². The molecule has 0 N–H and O–H groups in total. The minimum atomic E-state index is -0.393. The van der Waals surface area contributed by atoms with Gasteiger partial charge < -0.3 is 4.74 Å². The van der Waals surface area contributed by atoms with Gasteiger partial charge in [-0.1, -0.05) is 18.7 Å². The molecule has 0 aliphatic rings. The van der Waals surface area contributed by atoms with Crippen molar-refractivity contribution in [2.75, 3.05) is 7.11 Å². The third-order valence-corrected chi connectivity index (χ3v) is 3.30. The number of esters is 1. The van der Waals surface area contributed by atoms with Gasteiger partial charge in [-0.15, -0.1) is 0 Å². The number of nitrogens with zero attached hydrogens (tertiary/aromatic N) is 1. The molecule has 0 bridgehead atoms. The number of methoxy groups -OCH3 is 1. The molecule has 0 aliphatic carbocycles. The van der Waals surface area contributed by atoms with Gasteiger partial charge in [-0.3, -0.25) is 4.79 Å². The predicted molar refractivity (Wildman–Crippen MR) is 63.8 cm³/mol. The standard InChI is InChI=1S/C10H11BrFNO2S/c1-6(3-9(14)15-2)16-10-8(12)4-7(11)5-13-10/h4-6H,3H2,1-2H3. The number of carbonyl (C=O) groups excluding carboxylic acids is 1. The van der Waals surface area contributed by atoms with E-state index in [2.05, 4.69) is 25.7 Å². The average molecular weight is 308 g/mol. The van der Waals surface area contributed by atoms with Crippen LogP contribution in [0.5, 0.6) is 0 Å². The van der Waals surface area contributed by atoms with E-state index in [0.29, 0.717) is 9.50 Å². The summed E-state index contributed by atoms with van der Waals surface area (Å²) in [5.74, 6) is -0.700. The van der Waals surface area contributed by atoms with Crippen molar-refractivity contribution in [3.63, 3.8) is 0 Å². The topological polar surface area (TPSA) is 39.2 Å². The van der Waals surface area contributed by atoms with Crippen molar-refractivity contribution in [3.8, 4) is 0 Å². The Kier molecular flexibility index (Phi) is 5.21. The molecule has 0 saturated carbocycles. The van der Waals surface area contributed by atoms with Crippen molar-refractivity contribution in [1.29, 1.82) is 0 Å². The summed E-state index contributed by atoms with van der Waals surface area (Å²) in [6, 6.07) is 1.35. The molecule has 1 rings (SSSR count). The van der Waals surface area contributed by atoms with E-state index in [-0.39, 0.29) is 17.6 Å². The average Bonchev–Trinajstić information content (AvgIpc) is 2.22. The SMILES string of the molecule is COC(=O)CC(C)Sc1ncc(Br)cc1F. The van der Waals surface area contributed by atoms with E-state index in [1.165, 1.54) is 31.1 Å². The van der Waals surface area contributed by atoms with Gasteiger partial charge in [0.25, 0.3) is 0 Å². The summed E-state index contributed by atoms with van der Waals surface area (Å²) >= 11 is 4.34. The second-order valence-electron chi connectivity index (χ2n) is 3.15. The monoisotopic (exact) mass is 307 g/mol. The lowest BCUT2D eigenvalue weighted by atomic mass is 10.3. The lowest BCUT2D eigenvalue weighted by Crippen LogP contribution is -2.09. The number of hydrogen-bond acceptors (Lipinski definition) is 4. The number of hydrogen-bond donors (Lipinski definition) is 0. The maximum atomic E-state index is 13.4. The van der Waals surface area contributed by atoms with Crippen LogP contribution in [0.1, 0.15) is 13.3 Å². The maximum absolute atomic E-state index is 13.4. The molecule has 0 radical (unpaired) electrons. The van der Waals surface area contributed by atoms with Crippen molar-refractivity contribution >= 4 is 33.7 Å². The summed E-state index contributed by atoms with van der Waals surface area (Å²) in [5.41, 5.74) is 0. The van der Waals surface area contributed by atoms with Gasteiger partial charge in [-0.05, 0) is 22.0 Å². The van der Waals surface area contributed by atoms with E-state index in [1.54, 1.807) is 0 Å². The van der Waals surface area contributed by atoms with Crippen LogP contribution in [-0.2, 0) is 9.53 Å². The molecule has 1 atom stereocenters. The van der Waals surface area contributed by atoms with Gasteiger partial charge in [0.2, 0.25) is 0 Å². The minimum Gasteiger partial charge on any atom is -0.469 e. The number of halogens is 2. The maximum Gasteiger partial charge on any atom is 0.306 e. The number of rotatable bonds is 4. The summed E-state index contributed by atoms with van der Waals surface area (Å²) in [6.45, 7) is 1.82. The van der Waals surface area contributed by atoms with E-state index >= 15 is 0 Å². The Bertz CT molecular complexity index is 389. The van der Waals surface area contributed by atoms with Crippen LogP contribution in [0.15, 0.2) is 21.8 Å². The fourth-order valence-corrected chi connectivity index (χ4v) is 2.23. The molecule has 0 saturated heterocycles. The molecule has 0 spiro atoms. The molecule has 1 aromatic heterocycles. The summed E-state index contributed by atoms with van der Waals surface area (Å²) in [4.78, 5) is 14.9. The molecule has 0 amide bonds. The normalized spacial score (nSPS) is 12.2. The Morgan fingerprint density at radius 1 is 1.75 bits per heavy atom. The van der Waals surface area contributed by atoms with Crippen LogP contribution in [0.2, 0.25) is 0 Å². The van der Waals surface area contributed by atoms with Crippen LogP contribution >= 0.6 is 27.7 Å². The second-order valence-corrected chi connectivity index (χ2v) is 5.49. The van der Waals surface area contributed by atoms with Gasteiger partial charge in [0.15, 0.2) is 5.82 Å². The zero-order chi connectivity index (χ0) is 12.1. The van der Waals surface area contributed by atoms with Crippen molar-refractivity contribution in [2.24, 2.45) is 0 Å². The van der Waals surface area contributed by atoms with Crippen LogP contribution in [-0.4, -0.2) is 23.3 Å². The molecule has 0 fully saturated rings. The molecule has 1 heterocycles. The third-order valence-electron chi connectivity index (χ3n) is 1.77. The Morgan fingerprint density at radius 3 is 3.00 bits per heavy atom. The third kappa shape index (κ3) is 4.09. The highest BCUT2D eigenvalue weighted by molar-refractivity contribution is 9.10. The molecule has 88 valence electrons. The first kappa shape index (κ1) is 13.4. The van der Waals surface area contributed by atoms with E-state index < -0.39 is 5.82 Å². The highest BCUT2D eigenvalue weighted by atomic mass is 79.9. The highest BCUT2D eigenvalue weighted by Gasteiger charge is 2.14. The van der Waals surface area contributed by atoms with Crippen molar-refractivity contribution < 1.29 is 13.9 Å². The quantitative estimate of drug-likeness (QED) is 0.633. The van der Waals surface area contributed by atoms with Crippen LogP contribution in [0.4, 0.5) is 4.39 Å². The summed E-state index contributed by atoms with van der Waals surface area (Å²) in [5, 5.41) is 0.218. The van der Waals surface area contributed by atoms with E-state index in [0.717, 1.165) is 0 Å². The smallest absolute Gasteiger partial charge is 0.306 e. The van der Waals surface area contributed by atoms with Crippen LogP contribution in [0.3, 0.4) is 0 Å². The Hall–Kier alpha value is -0.620. The van der Waals surface area contributed by atoms with Gasteiger partial charge in [0.1, 0.15) is 5.03 Å². The first-order valence-electron chi connectivity index (χ1n) is 4.57. The van der Waals surface area contributed by atoms with Crippen LogP contribution < -0.4 is 0 Å². The lowest BCUT2D eigenvalue weighted by molar-refractivity contribution is -0.140. The first-order chi connectivity index (χ1) is 7.52. The van der Waals surface area contributed by atoms with E-state index in [9.17, 15) is 9.18 Å². The Balaban J connectivity index is 2.62. The zero-order valence-electron chi connectivity index (χ0n) is 8.87. The van der Waals surface area contributed by atoms with Gasteiger partial charge in [-0.25, -0.2) is 9.37 Å². The van der Waals surface area contributed by atoms with Crippen molar-refractivity contribution in [3.05, 3.63) is 22.6 Å². The fourth-order valence-electron chi connectivity index (χ4n) is 1.04. The highest BCUT2D eigenvalue weighted by Crippen LogP contribution is 2.27. The van der Waals surface area contributed by atoms with Gasteiger partial charge in [-0.2, -0.15) is 0 Å². The molecule has 1 aromatic rings. The Morgan fingerprint density at radius 2 is 2.44 bits per heavy atom. The molecule has 6 heteroatoms. The van der Waals surface area contributed by atoms with Crippen LogP contribution in [0.25, 0.3) is 0 Å². The summed E-state index contributed by atoms with van der Waals surface area (Å²) in [6.07, 6.45) is 1.76. The van der Waals surface area contributed by atoms with E-state index in [1.807, 2.05) is 6.92 Å². The number of pyridine rings is 1. The fraction of sp³-hybridized carbons (Fsp3) is 0.400. The predicted octanol–water partition coefficient (Wildman–Crippen LogP) is 3.03. The first-order valence-corrected chi connectivity index (χ1v) is 6.24. The molecule has 16 heavy (non-hydrogen) atoms. The van der Waals surface area contributed by atoms with Gasteiger partial charge >= 0.3 is 5.97 Å². The number of ether oxygens (including phenoxy) is 1. The zero-order valence-corrected chi connectivity index (χ0v) is 11.3. The number of carbonyl (C=O) groups is 1. The largest absolute Gasteiger partial charge is 0.469 e. The lowest BCUT2D eigenvalue weighted by Gasteiger charge is -2.09. The molecule has 0 aromatic carbocycles. The number of thioether (sulfide) groups is 1. The number of aromatic nitrogens is 1. The molecule has 0 aliphatic heterocycles. The Labute approximate surface area is 106 Å². The van der Waals surface area contributed by atoms with Gasteiger partial charge in [0, 0.05) is 15.9 Å². The molecule has 3 nitrogen and oxygen atoms in total. The minimum absolute atomic E-state index is 0.0735. The second kappa shape index (κ2) is 6.20. The van der Waals surface area contributed by atoms with Crippen molar-refractivity contribution in [1.82, 2.24) is 4.98 Å². The summed E-state index contributed by atoms with van der Waals surface area (Å²) in [7, 11) is 1.33. The van der Waals surface area contributed by atoms with Gasteiger partial charge in [0.05, 0.1) is 13.5 Å². The molecular formula is C10H11BrFNO2S. The summed E-state index contributed by atoms with van der Waals surface area (Å²) < 4.78 is 18.5. The van der Waals surface area contributed by atoms with E-state index in [4.69, 9.17) is 0 Å².